The second kappa shape index (κ2) is 6.49. The quantitative estimate of drug-likeness (QED) is 0.746. The van der Waals surface area contributed by atoms with Crippen molar-refractivity contribution >= 4 is 36.0 Å². The minimum Gasteiger partial charge on any atom is -0.443 e. The van der Waals surface area contributed by atoms with Crippen molar-refractivity contribution in [1.29, 1.82) is 0 Å². The smallest absolute Gasteiger partial charge is 0.443 e. The number of carbonyl (C=O) groups is 2. The standard InChI is InChI=1S/C20H29BN2O5/c1-12-16(24)23(17(25)26-18(2,3)4)15-10-9-13(11-14(15)22-12)21-27-19(5,6)20(7,8)28-21/h9-12,22H,1-8H3/t12-/m1/s1. The molecular weight excluding hydrogens is 359 g/mol. The van der Waals surface area contributed by atoms with E-state index in [4.69, 9.17) is 14.0 Å². The van der Waals surface area contributed by atoms with Gasteiger partial charge in [-0.2, -0.15) is 0 Å². The number of ether oxygens (including phenoxy) is 1. The number of hydrogen-bond donors (Lipinski definition) is 1. The molecule has 2 amide bonds. The minimum atomic E-state index is -0.700. The van der Waals surface area contributed by atoms with E-state index in [1.807, 2.05) is 39.8 Å². The number of carbonyl (C=O) groups excluding carboxylic acids is 2. The largest absolute Gasteiger partial charge is 0.494 e. The van der Waals surface area contributed by atoms with Crippen LogP contribution in [-0.2, 0) is 18.8 Å². The van der Waals surface area contributed by atoms with Gasteiger partial charge in [0, 0.05) is 0 Å². The zero-order valence-corrected chi connectivity index (χ0v) is 17.9. The van der Waals surface area contributed by atoms with E-state index in [0.29, 0.717) is 11.4 Å². The third-order valence-electron chi connectivity index (χ3n) is 5.33. The first-order valence-electron chi connectivity index (χ1n) is 9.55. The number of amides is 2. The lowest BCUT2D eigenvalue weighted by molar-refractivity contribution is -0.119. The van der Waals surface area contributed by atoms with E-state index in [2.05, 4.69) is 5.32 Å². The van der Waals surface area contributed by atoms with Crippen LogP contribution in [-0.4, -0.2) is 42.0 Å². The lowest BCUT2D eigenvalue weighted by Gasteiger charge is -2.34. The molecule has 1 aromatic rings. The van der Waals surface area contributed by atoms with Crippen LogP contribution in [0.4, 0.5) is 16.2 Å². The summed E-state index contributed by atoms with van der Waals surface area (Å²) in [5.74, 6) is -0.356. The molecule has 152 valence electrons. The number of benzene rings is 1. The van der Waals surface area contributed by atoms with Crippen molar-refractivity contribution in [1.82, 2.24) is 0 Å². The summed E-state index contributed by atoms with van der Waals surface area (Å²) in [7, 11) is -0.528. The molecule has 1 N–H and O–H groups in total. The maximum Gasteiger partial charge on any atom is 0.494 e. The van der Waals surface area contributed by atoms with E-state index in [1.54, 1.807) is 33.8 Å². The number of hydrogen-bond acceptors (Lipinski definition) is 6. The summed E-state index contributed by atoms with van der Waals surface area (Å²) in [6.45, 7) is 15.0. The molecule has 0 unspecified atom stereocenters. The maximum atomic E-state index is 12.6. The van der Waals surface area contributed by atoms with Crippen molar-refractivity contribution in [2.75, 3.05) is 10.2 Å². The van der Waals surface area contributed by atoms with Gasteiger partial charge in [0.25, 0.3) is 5.91 Å². The van der Waals surface area contributed by atoms with Crippen molar-refractivity contribution in [2.45, 2.75) is 78.2 Å². The first kappa shape index (κ1) is 20.7. The Morgan fingerprint density at radius 3 is 2.29 bits per heavy atom. The van der Waals surface area contributed by atoms with Gasteiger partial charge in [-0.1, -0.05) is 6.07 Å². The highest BCUT2D eigenvalue weighted by molar-refractivity contribution is 6.62. The van der Waals surface area contributed by atoms with Crippen LogP contribution in [0.3, 0.4) is 0 Å². The molecule has 0 aromatic heterocycles. The summed E-state index contributed by atoms with van der Waals surface area (Å²) in [5, 5.41) is 3.15. The van der Waals surface area contributed by atoms with Gasteiger partial charge < -0.3 is 19.4 Å². The molecule has 2 heterocycles. The Kier molecular flexibility index (Phi) is 4.79. The van der Waals surface area contributed by atoms with Gasteiger partial charge in [0.15, 0.2) is 0 Å². The average Bonchev–Trinajstić information content (AvgIpc) is 2.74. The van der Waals surface area contributed by atoms with Crippen LogP contribution in [0.25, 0.3) is 0 Å². The van der Waals surface area contributed by atoms with Crippen LogP contribution < -0.4 is 15.7 Å². The minimum absolute atomic E-state index is 0.356. The van der Waals surface area contributed by atoms with Crippen molar-refractivity contribution < 1.29 is 23.6 Å². The molecule has 8 heteroatoms. The molecule has 0 radical (unpaired) electrons. The number of imide groups is 1. The Labute approximate surface area is 166 Å². The highest BCUT2D eigenvalue weighted by Crippen LogP contribution is 2.38. The Balaban J connectivity index is 1.94. The van der Waals surface area contributed by atoms with Gasteiger partial charge in [0.2, 0.25) is 0 Å². The fraction of sp³-hybridized carbons (Fsp3) is 0.600. The monoisotopic (exact) mass is 388 g/mol. The topological polar surface area (TPSA) is 77.1 Å². The Hall–Kier alpha value is -2.06. The van der Waals surface area contributed by atoms with Gasteiger partial charge in [-0.15, -0.1) is 0 Å². The first-order valence-corrected chi connectivity index (χ1v) is 9.55. The van der Waals surface area contributed by atoms with Crippen molar-refractivity contribution in [2.24, 2.45) is 0 Å². The van der Waals surface area contributed by atoms with Crippen molar-refractivity contribution in [3.63, 3.8) is 0 Å². The lowest BCUT2D eigenvalue weighted by atomic mass is 9.78. The van der Waals surface area contributed by atoms with E-state index < -0.39 is 36.1 Å². The Morgan fingerprint density at radius 1 is 1.18 bits per heavy atom. The van der Waals surface area contributed by atoms with E-state index in [1.165, 1.54) is 0 Å². The molecule has 0 saturated carbocycles. The van der Waals surface area contributed by atoms with Crippen molar-refractivity contribution in [3.05, 3.63) is 18.2 Å². The zero-order chi connectivity index (χ0) is 21.1. The predicted octanol–water partition coefficient (Wildman–Crippen LogP) is 3.07. The average molecular weight is 388 g/mol. The van der Waals surface area contributed by atoms with Crippen LogP contribution in [0.1, 0.15) is 55.4 Å². The molecule has 28 heavy (non-hydrogen) atoms. The molecule has 7 nitrogen and oxygen atoms in total. The number of anilines is 2. The summed E-state index contributed by atoms with van der Waals surface area (Å²) in [5.41, 5.74) is 0.326. The molecule has 0 bridgehead atoms. The van der Waals surface area contributed by atoms with E-state index in [9.17, 15) is 9.59 Å². The summed E-state index contributed by atoms with van der Waals surface area (Å²) in [6, 6.07) is 4.82. The van der Waals surface area contributed by atoms with Crippen LogP contribution in [0.5, 0.6) is 0 Å². The van der Waals surface area contributed by atoms with Crippen LogP contribution in [0.2, 0.25) is 0 Å². The molecule has 1 saturated heterocycles. The molecule has 0 spiro atoms. The molecular formula is C20H29BN2O5. The molecule has 3 rings (SSSR count). The van der Waals surface area contributed by atoms with Gasteiger partial charge in [-0.25, -0.2) is 9.69 Å². The molecule has 2 aliphatic rings. The number of fused-ring (bicyclic) bond motifs is 1. The van der Waals surface area contributed by atoms with Crippen molar-refractivity contribution in [3.8, 4) is 0 Å². The van der Waals surface area contributed by atoms with Gasteiger partial charge in [-0.05, 0) is 73.0 Å². The zero-order valence-electron chi connectivity index (χ0n) is 17.9. The number of rotatable bonds is 1. The Bertz CT molecular complexity index is 799. The second-order valence-electron chi connectivity index (χ2n) is 9.38. The van der Waals surface area contributed by atoms with E-state index >= 15 is 0 Å². The van der Waals surface area contributed by atoms with E-state index in [-0.39, 0.29) is 5.91 Å². The predicted molar refractivity (Wildman–Crippen MR) is 109 cm³/mol. The molecule has 1 atom stereocenters. The van der Waals surface area contributed by atoms with Crippen LogP contribution in [0, 0.1) is 0 Å². The fourth-order valence-corrected chi connectivity index (χ4v) is 3.09. The second-order valence-corrected chi connectivity index (χ2v) is 9.38. The summed E-state index contributed by atoms with van der Waals surface area (Å²) in [6.07, 6.45) is -0.685. The lowest BCUT2D eigenvalue weighted by Crippen LogP contribution is -2.50. The number of nitrogens with one attached hydrogen (secondary N) is 1. The summed E-state index contributed by atoms with van der Waals surface area (Å²) in [4.78, 5) is 26.4. The third-order valence-corrected chi connectivity index (χ3v) is 5.33. The SMILES string of the molecule is C[C@H]1Nc2cc(B3OC(C)(C)C(C)(C)O3)ccc2N(C(=O)OC(C)(C)C)C1=O. The van der Waals surface area contributed by atoms with Gasteiger partial charge >= 0.3 is 13.2 Å². The summed E-state index contributed by atoms with van der Waals surface area (Å²) >= 11 is 0. The van der Waals surface area contributed by atoms with Crippen LogP contribution in [0.15, 0.2) is 18.2 Å². The van der Waals surface area contributed by atoms with Gasteiger partial charge in [-0.3, -0.25) is 4.79 Å². The number of nitrogens with zero attached hydrogens (tertiary/aromatic N) is 1. The third kappa shape index (κ3) is 3.63. The maximum absolute atomic E-state index is 12.6. The summed E-state index contributed by atoms with van der Waals surface area (Å²) < 4.78 is 17.6. The first-order chi connectivity index (χ1) is 12.7. The molecule has 2 aliphatic heterocycles. The molecule has 1 aromatic carbocycles. The normalized spacial score (nSPS) is 23.3. The highest BCUT2D eigenvalue weighted by Gasteiger charge is 2.52. The molecule has 0 aliphatic carbocycles. The fourth-order valence-electron chi connectivity index (χ4n) is 3.09. The Morgan fingerprint density at radius 2 is 1.75 bits per heavy atom. The van der Waals surface area contributed by atoms with Crippen LogP contribution >= 0.6 is 0 Å². The van der Waals surface area contributed by atoms with Gasteiger partial charge in [0.05, 0.1) is 22.6 Å². The van der Waals surface area contributed by atoms with E-state index in [0.717, 1.165) is 10.4 Å². The molecule has 1 fully saturated rings. The van der Waals surface area contributed by atoms with Gasteiger partial charge in [0.1, 0.15) is 11.6 Å². The highest BCUT2D eigenvalue weighted by atomic mass is 16.7.